The number of thiophene rings is 1. The van der Waals surface area contributed by atoms with Crippen molar-refractivity contribution in [1.82, 2.24) is 5.32 Å². The molecule has 1 atom stereocenters. The van der Waals surface area contributed by atoms with Gasteiger partial charge in [0.05, 0.1) is 17.9 Å². The lowest BCUT2D eigenvalue weighted by atomic mass is 9.95. The third-order valence-corrected chi connectivity index (χ3v) is 11.0. The fourth-order valence-corrected chi connectivity index (χ4v) is 7.95. The first-order valence-corrected chi connectivity index (χ1v) is 18.7. The van der Waals surface area contributed by atoms with Gasteiger partial charge in [-0.1, -0.05) is 46.3 Å². The largest absolute Gasteiger partial charge is 0.465 e. The lowest BCUT2D eigenvalue weighted by Gasteiger charge is -2.14. The van der Waals surface area contributed by atoms with Crippen molar-refractivity contribution in [1.29, 1.82) is 0 Å². The van der Waals surface area contributed by atoms with Gasteiger partial charge in [0, 0.05) is 37.1 Å². The van der Waals surface area contributed by atoms with Crippen LogP contribution in [0.3, 0.4) is 0 Å². The van der Waals surface area contributed by atoms with Crippen LogP contribution < -0.4 is 16.0 Å². The number of benzene rings is 3. The zero-order valence-corrected chi connectivity index (χ0v) is 31.0. The number of aryl methyl sites for hydroxylation is 1. The minimum absolute atomic E-state index is 0.00844. The molecule has 0 saturated carbocycles. The molecule has 260 valence electrons. The molecule has 6 rings (SSSR count). The molecule has 1 aliphatic rings. The van der Waals surface area contributed by atoms with Crippen LogP contribution in [0.1, 0.15) is 56.7 Å². The molecule has 3 N–H and O–H groups in total. The number of methoxy groups -OCH3 is 1. The molecule has 0 bridgehead atoms. The quantitative estimate of drug-likeness (QED) is 0.0694. The van der Waals surface area contributed by atoms with E-state index in [1.54, 1.807) is 73.7 Å². The molecular weight excluding hydrogens is 750 g/mol. The van der Waals surface area contributed by atoms with Gasteiger partial charge in [0.15, 0.2) is 0 Å². The Morgan fingerprint density at radius 2 is 1.63 bits per heavy atom. The van der Waals surface area contributed by atoms with Gasteiger partial charge in [-0.2, -0.15) is 0 Å². The molecular formula is C39H34BrN3O6S2. The van der Waals surface area contributed by atoms with Gasteiger partial charge in [-0.25, -0.2) is 4.79 Å². The maximum absolute atomic E-state index is 13.6. The van der Waals surface area contributed by atoms with E-state index in [1.165, 1.54) is 36.3 Å². The molecule has 12 heteroatoms. The molecule has 0 saturated heterocycles. The lowest BCUT2D eigenvalue weighted by Crippen LogP contribution is -2.30. The molecule has 5 aromatic rings. The van der Waals surface area contributed by atoms with Gasteiger partial charge in [0.25, 0.3) is 11.8 Å². The molecule has 2 heterocycles. The number of esters is 1. The number of furan rings is 1. The summed E-state index contributed by atoms with van der Waals surface area (Å²) in [4.78, 5) is 54.4. The number of nitrogens with one attached hydrogen (secondary N) is 3. The smallest absolute Gasteiger partial charge is 0.341 e. The summed E-state index contributed by atoms with van der Waals surface area (Å²) in [5.41, 5.74) is 3.19. The SMILES string of the molecule is COC(=O)c1c(NC(=O)[C@H](C)Sc2ccc(NC(=O)/C(=C/c3ccc(-c4ccc(Br)cc4)o3)NC(=O)c3ccccc3)cc2)sc2c1CCCC2. The summed E-state index contributed by atoms with van der Waals surface area (Å²) in [6.45, 7) is 1.80. The highest BCUT2D eigenvalue weighted by atomic mass is 79.9. The fourth-order valence-electron chi connectivity index (χ4n) is 5.54. The average molecular weight is 785 g/mol. The Bertz CT molecular complexity index is 2090. The van der Waals surface area contributed by atoms with Crippen molar-refractivity contribution in [2.24, 2.45) is 0 Å². The minimum Gasteiger partial charge on any atom is -0.465 e. The average Bonchev–Trinajstić information content (AvgIpc) is 3.76. The number of hydrogen-bond acceptors (Lipinski definition) is 8. The van der Waals surface area contributed by atoms with Gasteiger partial charge < -0.3 is 25.1 Å². The van der Waals surface area contributed by atoms with E-state index in [4.69, 9.17) is 9.15 Å². The second-order valence-electron chi connectivity index (χ2n) is 11.7. The first-order valence-electron chi connectivity index (χ1n) is 16.2. The van der Waals surface area contributed by atoms with E-state index < -0.39 is 23.0 Å². The predicted octanol–water partition coefficient (Wildman–Crippen LogP) is 8.96. The van der Waals surface area contributed by atoms with Crippen LogP contribution in [-0.4, -0.2) is 36.1 Å². The van der Waals surface area contributed by atoms with Crippen molar-refractivity contribution in [3.63, 3.8) is 0 Å². The summed E-state index contributed by atoms with van der Waals surface area (Å²) >= 11 is 6.23. The Hall–Kier alpha value is -4.91. The van der Waals surface area contributed by atoms with Gasteiger partial charge in [-0.3, -0.25) is 14.4 Å². The third-order valence-electron chi connectivity index (χ3n) is 8.16. The van der Waals surface area contributed by atoms with Crippen LogP contribution >= 0.6 is 39.0 Å². The Balaban J connectivity index is 1.13. The Morgan fingerprint density at radius 3 is 2.35 bits per heavy atom. The zero-order chi connectivity index (χ0) is 35.9. The minimum atomic E-state index is -0.547. The van der Waals surface area contributed by atoms with Crippen molar-refractivity contribution >= 4 is 79.5 Å². The van der Waals surface area contributed by atoms with Crippen molar-refractivity contribution in [3.8, 4) is 11.3 Å². The van der Waals surface area contributed by atoms with Crippen LogP contribution in [0.4, 0.5) is 10.7 Å². The van der Waals surface area contributed by atoms with Gasteiger partial charge in [0.1, 0.15) is 22.2 Å². The van der Waals surface area contributed by atoms with Crippen LogP contribution in [0.25, 0.3) is 17.4 Å². The molecule has 0 radical (unpaired) electrons. The second-order valence-corrected chi connectivity index (χ2v) is 15.2. The number of ether oxygens (including phenoxy) is 1. The van der Waals surface area contributed by atoms with E-state index >= 15 is 0 Å². The first-order chi connectivity index (χ1) is 24.7. The van der Waals surface area contributed by atoms with Crippen LogP contribution in [0.5, 0.6) is 0 Å². The number of rotatable bonds is 11. The summed E-state index contributed by atoms with van der Waals surface area (Å²) in [6.07, 6.45) is 5.23. The number of halogens is 1. The Labute approximate surface area is 312 Å². The highest BCUT2D eigenvalue weighted by Crippen LogP contribution is 2.39. The van der Waals surface area contributed by atoms with Crippen LogP contribution in [0.15, 0.2) is 110 Å². The first kappa shape index (κ1) is 35.9. The van der Waals surface area contributed by atoms with Crippen molar-refractivity contribution in [2.45, 2.75) is 42.8 Å². The number of fused-ring (bicyclic) bond motifs is 1. The molecule has 0 aliphatic heterocycles. The monoisotopic (exact) mass is 783 g/mol. The number of thioether (sulfide) groups is 1. The summed E-state index contributed by atoms with van der Waals surface area (Å²) in [6, 6.07) is 26.8. The van der Waals surface area contributed by atoms with E-state index in [-0.39, 0.29) is 11.6 Å². The zero-order valence-electron chi connectivity index (χ0n) is 27.8. The second kappa shape index (κ2) is 16.4. The number of amides is 3. The van der Waals surface area contributed by atoms with Gasteiger partial charge >= 0.3 is 5.97 Å². The van der Waals surface area contributed by atoms with E-state index in [0.29, 0.717) is 33.3 Å². The van der Waals surface area contributed by atoms with Crippen LogP contribution in [-0.2, 0) is 27.2 Å². The molecule has 2 aromatic heterocycles. The predicted molar refractivity (Wildman–Crippen MR) is 205 cm³/mol. The van der Waals surface area contributed by atoms with Crippen LogP contribution in [0.2, 0.25) is 0 Å². The lowest BCUT2D eigenvalue weighted by molar-refractivity contribution is -0.115. The number of carbonyl (C=O) groups excluding carboxylic acids is 4. The highest BCUT2D eigenvalue weighted by Gasteiger charge is 2.28. The number of hydrogen-bond donors (Lipinski definition) is 3. The van der Waals surface area contributed by atoms with Crippen LogP contribution in [0, 0.1) is 0 Å². The standard InChI is InChI=1S/C39H34BrN3O6S2/c1-23(35(44)43-38-34(39(47)48-2)30-10-6-7-11-33(30)51-38)50-29-19-16-27(17-20-29)41-37(46)31(42-36(45)25-8-4-3-5-9-25)22-28-18-21-32(49-28)24-12-14-26(40)15-13-24/h3-5,8-9,12-23H,6-7,10-11H2,1-2H3,(H,41,46)(H,42,45)(H,43,44)/b31-22-/t23-/m0/s1. The molecule has 51 heavy (non-hydrogen) atoms. The maximum Gasteiger partial charge on any atom is 0.341 e. The summed E-state index contributed by atoms with van der Waals surface area (Å²) in [5, 5.41) is 8.59. The van der Waals surface area contributed by atoms with E-state index in [1.807, 2.05) is 24.3 Å². The van der Waals surface area contributed by atoms with Gasteiger partial charge in [-0.05, 0) is 98.8 Å². The van der Waals surface area contributed by atoms with Gasteiger partial charge in [-0.15, -0.1) is 23.1 Å². The molecule has 0 unspecified atom stereocenters. The Kier molecular flexibility index (Phi) is 11.5. The summed E-state index contributed by atoms with van der Waals surface area (Å²) in [7, 11) is 1.35. The number of anilines is 2. The fraction of sp³-hybridized carbons (Fsp3) is 0.179. The third kappa shape index (κ3) is 8.88. The number of carbonyl (C=O) groups is 4. The molecule has 3 amide bonds. The summed E-state index contributed by atoms with van der Waals surface area (Å²) < 4.78 is 12.0. The normalized spacial score (nSPS) is 13.1. The molecule has 9 nitrogen and oxygen atoms in total. The van der Waals surface area contributed by atoms with Crippen molar-refractivity contribution in [2.75, 3.05) is 17.7 Å². The highest BCUT2D eigenvalue weighted by molar-refractivity contribution is 9.10. The molecule has 3 aromatic carbocycles. The topological polar surface area (TPSA) is 127 Å². The molecule has 1 aliphatic carbocycles. The maximum atomic E-state index is 13.6. The van der Waals surface area contributed by atoms with E-state index in [0.717, 1.165) is 51.1 Å². The molecule has 0 spiro atoms. The van der Waals surface area contributed by atoms with E-state index in [2.05, 4.69) is 31.9 Å². The van der Waals surface area contributed by atoms with Crippen molar-refractivity contribution < 1.29 is 28.3 Å². The summed E-state index contributed by atoms with van der Waals surface area (Å²) in [5.74, 6) is -0.670. The Morgan fingerprint density at radius 1 is 0.902 bits per heavy atom. The van der Waals surface area contributed by atoms with Gasteiger partial charge in [0.2, 0.25) is 5.91 Å². The van der Waals surface area contributed by atoms with E-state index in [9.17, 15) is 19.2 Å². The van der Waals surface area contributed by atoms with Crippen molar-refractivity contribution in [3.05, 3.63) is 128 Å². The molecule has 0 fully saturated rings.